The summed E-state index contributed by atoms with van der Waals surface area (Å²) in [4.78, 5) is 15.1. The molecule has 0 aromatic heterocycles. The fraction of sp³-hybridized carbons (Fsp3) is 0.950. The Balaban J connectivity index is 1.99. The molecular formula is C20H37NO3. The predicted octanol–water partition coefficient (Wildman–Crippen LogP) is 3.76. The van der Waals surface area contributed by atoms with Crippen molar-refractivity contribution in [3.63, 3.8) is 0 Å². The summed E-state index contributed by atoms with van der Waals surface area (Å²) in [6.07, 6.45) is 9.26. The predicted molar refractivity (Wildman–Crippen MR) is 96.8 cm³/mol. The van der Waals surface area contributed by atoms with Crippen molar-refractivity contribution in [2.24, 2.45) is 11.8 Å². The first-order valence-electron chi connectivity index (χ1n) is 10.2. The van der Waals surface area contributed by atoms with Crippen LogP contribution >= 0.6 is 0 Å². The van der Waals surface area contributed by atoms with E-state index in [1.54, 1.807) is 0 Å². The average Bonchev–Trinajstić information content (AvgIpc) is 2.60. The van der Waals surface area contributed by atoms with E-state index in [4.69, 9.17) is 4.74 Å². The second kappa shape index (κ2) is 9.19. The Kier molecular flexibility index (Phi) is 7.55. The summed E-state index contributed by atoms with van der Waals surface area (Å²) >= 11 is 0. The van der Waals surface area contributed by atoms with Crippen LogP contribution in [-0.4, -0.2) is 47.3 Å². The summed E-state index contributed by atoms with van der Waals surface area (Å²) in [7, 11) is 0. The lowest BCUT2D eigenvalue weighted by molar-refractivity contribution is -0.176. The zero-order chi connectivity index (χ0) is 17.6. The Morgan fingerprint density at radius 1 is 1.12 bits per heavy atom. The van der Waals surface area contributed by atoms with Crippen molar-refractivity contribution >= 4 is 5.97 Å². The van der Waals surface area contributed by atoms with Crippen molar-refractivity contribution in [1.29, 1.82) is 0 Å². The van der Waals surface area contributed by atoms with Crippen molar-refractivity contribution in [2.45, 2.75) is 90.3 Å². The Morgan fingerprint density at radius 2 is 1.75 bits per heavy atom. The smallest absolute Gasteiger partial charge is 0.312 e. The number of hydrogen-bond acceptors (Lipinski definition) is 4. The molecule has 1 N–H and O–H groups in total. The Hall–Kier alpha value is -0.610. The Labute approximate surface area is 147 Å². The first-order chi connectivity index (χ1) is 11.5. The molecule has 4 nitrogen and oxygen atoms in total. The van der Waals surface area contributed by atoms with E-state index in [1.807, 2.05) is 6.92 Å². The average molecular weight is 340 g/mol. The molecular weight excluding hydrogens is 302 g/mol. The number of esters is 1. The van der Waals surface area contributed by atoms with Gasteiger partial charge in [0.2, 0.25) is 0 Å². The van der Waals surface area contributed by atoms with Crippen LogP contribution in [0.1, 0.15) is 78.6 Å². The number of nitrogens with zero attached hydrogens (tertiary/aromatic N) is 1. The van der Waals surface area contributed by atoms with Gasteiger partial charge in [-0.15, -0.1) is 0 Å². The van der Waals surface area contributed by atoms with Crippen molar-refractivity contribution in [2.75, 3.05) is 19.6 Å². The van der Waals surface area contributed by atoms with Gasteiger partial charge in [-0.25, -0.2) is 0 Å². The number of hydrogen-bond donors (Lipinski definition) is 1. The first-order valence-corrected chi connectivity index (χ1v) is 10.2. The summed E-state index contributed by atoms with van der Waals surface area (Å²) in [5.74, 6) is -0.210. The highest BCUT2D eigenvalue weighted by Crippen LogP contribution is 2.45. The molecule has 0 bridgehead atoms. The largest absolute Gasteiger partial charge is 0.461 e. The maximum absolute atomic E-state index is 12.8. The van der Waals surface area contributed by atoms with Gasteiger partial charge < -0.3 is 14.7 Å². The van der Waals surface area contributed by atoms with E-state index in [9.17, 15) is 9.90 Å². The van der Waals surface area contributed by atoms with Crippen LogP contribution < -0.4 is 0 Å². The number of likely N-dealkylation sites (N-methyl/N-ethyl adjacent to an activating group) is 1. The minimum Gasteiger partial charge on any atom is -0.461 e. The maximum atomic E-state index is 12.8. The molecule has 3 atom stereocenters. The van der Waals surface area contributed by atoms with Gasteiger partial charge in [-0.05, 0) is 51.6 Å². The van der Waals surface area contributed by atoms with Gasteiger partial charge in [0, 0.05) is 6.54 Å². The summed E-state index contributed by atoms with van der Waals surface area (Å²) in [5, 5.41) is 11.4. The lowest BCUT2D eigenvalue weighted by atomic mass is 9.64. The topological polar surface area (TPSA) is 49.8 Å². The van der Waals surface area contributed by atoms with Gasteiger partial charge in [0.25, 0.3) is 0 Å². The summed E-state index contributed by atoms with van der Waals surface area (Å²) < 4.78 is 5.77. The standard InChI is InChI=1S/C20H37NO3/c1-4-21(5-2)15-16(3)24-19(22)18-13-9-10-14-20(18,23)17-11-7-6-8-12-17/h16-18,23H,4-15H2,1-3H3/t16-,18+,20-/m0/s1. The van der Waals surface area contributed by atoms with E-state index in [-0.39, 0.29) is 23.9 Å². The van der Waals surface area contributed by atoms with Crippen LogP contribution in [-0.2, 0) is 9.53 Å². The zero-order valence-corrected chi connectivity index (χ0v) is 15.9. The molecule has 4 heteroatoms. The number of carbonyl (C=O) groups excluding carboxylic acids is 1. The van der Waals surface area contributed by atoms with Crippen molar-refractivity contribution in [1.82, 2.24) is 4.90 Å². The normalized spacial score (nSPS) is 30.3. The van der Waals surface area contributed by atoms with Crippen LogP contribution in [0.15, 0.2) is 0 Å². The third-order valence-electron chi connectivity index (χ3n) is 6.25. The quantitative estimate of drug-likeness (QED) is 0.718. The molecule has 0 saturated heterocycles. The van der Waals surface area contributed by atoms with Gasteiger partial charge in [0.1, 0.15) is 6.10 Å². The molecule has 24 heavy (non-hydrogen) atoms. The van der Waals surface area contributed by atoms with Gasteiger partial charge in [0.15, 0.2) is 0 Å². The molecule has 0 heterocycles. The van der Waals surface area contributed by atoms with Crippen LogP contribution in [0.4, 0.5) is 0 Å². The van der Waals surface area contributed by atoms with Crippen LogP contribution in [0.3, 0.4) is 0 Å². The lowest BCUT2D eigenvalue weighted by Crippen LogP contribution is -2.52. The Morgan fingerprint density at radius 3 is 2.38 bits per heavy atom. The number of ether oxygens (including phenoxy) is 1. The molecule has 2 fully saturated rings. The molecule has 0 aromatic rings. The molecule has 0 aliphatic heterocycles. The highest BCUT2D eigenvalue weighted by Gasteiger charge is 2.49. The lowest BCUT2D eigenvalue weighted by Gasteiger charge is -2.45. The third kappa shape index (κ3) is 4.72. The number of rotatable bonds is 7. The van der Waals surface area contributed by atoms with Crippen LogP contribution in [0.2, 0.25) is 0 Å². The van der Waals surface area contributed by atoms with Crippen molar-refractivity contribution in [3.8, 4) is 0 Å². The molecule has 2 aliphatic rings. The fourth-order valence-corrected chi connectivity index (χ4v) is 4.76. The van der Waals surface area contributed by atoms with Gasteiger partial charge in [-0.1, -0.05) is 46.0 Å². The first kappa shape index (κ1) is 19.7. The molecule has 2 rings (SSSR count). The van der Waals surface area contributed by atoms with Gasteiger partial charge in [0.05, 0.1) is 11.5 Å². The minimum absolute atomic E-state index is 0.116. The van der Waals surface area contributed by atoms with Gasteiger partial charge >= 0.3 is 5.97 Å². The van der Waals surface area contributed by atoms with E-state index in [0.29, 0.717) is 0 Å². The SMILES string of the molecule is CCN(CC)C[C@H](C)OC(=O)[C@H]1CCCC[C@]1(O)C1CCCCC1. The third-order valence-corrected chi connectivity index (χ3v) is 6.25. The molecule has 0 spiro atoms. The maximum Gasteiger partial charge on any atom is 0.312 e. The molecule has 0 radical (unpaired) electrons. The minimum atomic E-state index is -0.829. The zero-order valence-electron chi connectivity index (χ0n) is 15.9. The molecule has 2 saturated carbocycles. The summed E-state index contributed by atoms with van der Waals surface area (Å²) in [6.45, 7) is 8.93. The van der Waals surface area contributed by atoms with E-state index < -0.39 is 5.60 Å². The number of carbonyl (C=O) groups is 1. The molecule has 0 unspecified atom stereocenters. The molecule has 140 valence electrons. The van der Waals surface area contributed by atoms with Gasteiger partial charge in [-0.3, -0.25) is 4.79 Å². The summed E-state index contributed by atoms with van der Waals surface area (Å²) in [5.41, 5.74) is -0.829. The van der Waals surface area contributed by atoms with E-state index in [0.717, 1.165) is 58.2 Å². The second-order valence-corrected chi connectivity index (χ2v) is 7.86. The number of aliphatic hydroxyl groups is 1. The van der Waals surface area contributed by atoms with Crippen molar-refractivity contribution in [3.05, 3.63) is 0 Å². The van der Waals surface area contributed by atoms with Crippen LogP contribution in [0, 0.1) is 11.8 Å². The highest BCUT2D eigenvalue weighted by molar-refractivity contribution is 5.74. The Bertz CT molecular complexity index is 390. The molecule has 2 aliphatic carbocycles. The van der Waals surface area contributed by atoms with Crippen molar-refractivity contribution < 1.29 is 14.6 Å². The summed E-state index contributed by atoms with van der Waals surface area (Å²) in [6, 6.07) is 0. The highest BCUT2D eigenvalue weighted by atomic mass is 16.5. The molecule has 0 amide bonds. The van der Waals surface area contributed by atoms with Gasteiger partial charge in [-0.2, -0.15) is 0 Å². The molecule has 0 aromatic carbocycles. The van der Waals surface area contributed by atoms with E-state index >= 15 is 0 Å². The van der Waals surface area contributed by atoms with Crippen LogP contribution in [0.5, 0.6) is 0 Å². The fourth-order valence-electron chi connectivity index (χ4n) is 4.76. The monoisotopic (exact) mass is 339 g/mol. The van der Waals surface area contributed by atoms with E-state index in [2.05, 4.69) is 18.7 Å². The van der Waals surface area contributed by atoms with Crippen LogP contribution in [0.25, 0.3) is 0 Å². The van der Waals surface area contributed by atoms with E-state index in [1.165, 1.54) is 19.3 Å². The second-order valence-electron chi connectivity index (χ2n) is 7.86.